The molecule has 0 radical (unpaired) electrons. The number of hydrogen-bond donors (Lipinski definition) is 3. The molecular formula is C26H30N2O6. The Morgan fingerprint density at radius 1 is 1.06 bits per heavy atom. The maximum Gasteiger partial charge on any atom is 0.407 e. The quantitative estimate of drug-likeness (QED) is 0.550. The van der Waals surface area contributed by atoms with Gasteiger partial charge in [0, 0.05) is 25.7 Å². The number of carbonyl (C=O) groups is 3. The van der Waals surface area contributed by atoms with Crippen molar-refractivity contribution in [2.45, 2.75) is 38.1 Å². The van der Waals surface area contributed by atoms with Gasteiger partial charge in [0.1, 0.15) is 12.6 Å². The van der Waals surface area contributed by atoms with Gasteiger partial charge < -0.3 is 25.2 Å². The molecule has 3 N–H and O–H groups in total. The van der Waals surface area contributed by atoms with Gasteiger partial charge in [-0.15, -0.1) is 0 Å². The van der Waals surface area contributed by atoms with Crippen molar-refractivity contribution in [2.24, 2.45) is 5.41 Å². The van der Waals surface area contributed by atoms with Gasteiger partial charge in [0.15, 0.2) is 0 Å². The van der Waals surface area contributed by atoms with Crippen LogP contribution in [0.4, 0.5) is 4.79 Å². The maximum absolute atomic E-state index is 13.0. The molecule has 1 atom stereocenters. The number of alkyl carbamates (subject to hydrolysis) is 1. The SMILES string of the molecule is CC[C@@H](NC(=O)C1(CNC(=O)OCC2c3ccccc3-c3ccccc32)CCOCC1)C(=O)O. The van der Waals surface area contributed by atoms with Gasteiger partial charge in [-0.3, -0.25) is 4.79 Å². The van der Waals surface area contributed by atoms with Crippen molar-refractivity contribution in [1.82, 2.24) is 10.6 Å². The van der Waals surface area contributed by atoms with Crippen molar-refractivity contribution < 1.29 is 29.0 Å². The Hall–Kier alpha value is -3.39. The minimum Gasteiger partial charge on any atom is -0.480 e. The van der Waals surface area contributed by atoms with E-state index in [-0.39, 0.29) is 31.4 Å². The normalized spacial score (nSPS) is 17.2. The van der Waals surface area contributed by atoms with Crippen molar-refractivity contribution in [3.05, 3.63) is 59.7 Å². The number of ether oxygens (including phenoxy) is 2. The number of amides is 2. The number of benzene rings is 2. The molecule has 1 heterocycles. The third kappa shape index (κ3) is 4.77. The summed E-state index contributed by atoms with van der Waals surface area (Å²) in [6.07, 6.45) is 0.440. The Morgan fingerprint density at radius 3 is 2.21 bits per heavy atom. The summed E-state index contributed by atoms with van der Waals surface area (Å²) in [5.41, 5.74) is 3.60. The van der Waals surface area contributed by atoms with E-state index in [2.05, 4.69) is 34.9 Å². The van der Waals surface area contributed by atoms with E-state index >= 15 is 0 Å². The first-order valence-corrected chi connectivity index (χ1v) is 11.7. The lowest BCUT2D eigenvalue weighted by Gasteiger charge is -2.36. The molecule has 8 heteroatoms. The molecule has 34 heavy (non-hydrogen) atoms. The van der Waals surface area contributed by atoms with Gasteiger partial charge in [-0.25, -0.2) is 9.59 Å². The number of carboxylic acids is 1. The van der Waals surface area contributed by atoms with Crippen molar-refractivity contribution >= 4 is 18.0 Å². The number of carbonyl (C=O) groups excluding carboxylic acids is 2. The molecule has 180 valence electrons. The second-order valence-corrected chi connectivity index (χ2v) is 8.84. The third-order valence-corrected chi connectivity index (χ3v) is 6.86. The van der Waals surface area contributed by atoms with E-state index in [1.807, 2.05) is 24.3 Å². The second-order valence-electron chi connectivity index (χ2n) is 8.84. The minimum atomic E-state index is -1.08. The number of aliphatic carboxylic acids is 1. The Bertz CT molecular complexity index is 1020. The largest absolute Gasteiger partial charge is 0.480 e. The smallest absolute Gasteiger partial charge is 0.407 e. The lowest BCUT2D eigenvalue weighted by Crippen LogP contribution is -2.54. The van der Waals surface area contributed by atoms with Gasteiger partial charge in [0.2, 0.25) is 5.91 Å². The average Bonchev–Trinajstić information content (AvgIpc) is 3.18. The Labute approximate surface area is 198 Å². The standard InChI is InChI=1S/C26H30N2O6/c1-2-22(23(29)30)28-24(31)26(11-13-33-14-12-26)16-27-25(32)34-15-21-19-9-5-3-7-17(19)18-8-4-6-10-20(18)21/h3-10,21-22H,2,11-16H2,1H3,(H,27,32)(H,28,31)(H,29,30)/t22-/m1/s1. The average molecular weight is 467 g/mol. The molecule has 8 nitrogen and oxygen atoms in total. The Morgan fingerprint density at radius 2 is 1.65 bits per heavy atom. The second kappa shape index (κ2) is 10.3. The van der Waals surface area contributed by atoms with Gasteiger partial charge >= 0.3 is 12.1 Å². The van der Waals surface area contributed by atoms with Crippen LogP contribution in [0.3, 0.4) is 0 Å². The summed E-state index contributed by atoms with van der Waals surface area (Å²) in [7, 11) is 0. The molecule has 1 aliphatic heterocycles. The lowest BCUT2D eigenvalue weighted by molar-refractivity contribution is -0.146. The predicted molar refractivity (Wildman–Crippen MR) is 125 cm³/mol. The van der Waals surface area contributed by atoms with Crippen LogP contribution in [-0.2, 0) is 19.1 Å². The highest BCUT2D eigenvalue weighted by Gasteiger charge is 2.42. The number of hydrogen-bond acceptors (Lipinski definition) is 5. The molecule has 4 rings (SSSR count). The van der Waals surface area contributed by atoms with Gasteiger partial charge in [0.05, 0.1) is 5.41 Å². The lowest BCUT2D eigenvalue weighted by atomic mass is 9.79. The number of nitrogens with one attached hydrogen (secondary N) is 2. The summed E-state index contributed by atoms with van der Waals surface area (Å²) in [5, 5.41) is 14.7. The zero-order valence-electron chi connectivity index (χ0n) is 19.2. The summed E-state index contributed by atoms with van der Waals surface area (Å²) in [6, 6.07) is 15.2. The predicted octanol–water partition coefficient (Wildman–Crippen LogP) is 3.30. The van der Waals surface area contributed by atoms with Gasteiger partial charge in [0.25, 0.3) is 0 Å². The molecule has 2 aromatic rings. The van der Waals surface area contributed by atoms with E-state index in [9.17, 15) is 19.5 Å². The molecule has 1 aliphatic carbocycles. The molecule has 1 saturated heterocycles. The molecule has 0 saturated carbocycles. The highest BCUT2D eigenvalue weighted by Crippen LogP contribution is 2.44. The fourth-order valence-electron chi connectivity index (χ4n) is 4.79. The van der Waals surface area contributed by atoms with Crippen molar-refractivity contribution in [1.29, 1.82) is 0 Å². The van der Waals surface area contributed by atoms with E-state index in [1.165, 1.54) is 0 Å². The number of carboxylic acid groups (broad SMARTS) is 1. The van der Waals surface area contributed by atoms with Crippen molar-refractivity contribution in [3.8, 4) is 11.1 Å². The molecule has 0 aromatic heterocycles. The monoisotopic (exact) mass is 466 g/mol. The Kier molecular flexibility index (Phi) is 7.17. The van der Waals surface area contributed by atoms with Crippen LogP contribution in [0.1, 0.15) is 43.2 Å². The molecular weight excluding hydrogens is 436 g/mol. The van der Waals surface area contributed by atoms with Crippen LogP contribution in [0.5, 0.6) is 0 Å². The molecule has 0 spiro atoms. The molecule has 0 bridgehead atoms. The van der Waals surface area contributed by atoms with E-state index in [0.29, 0.717) is 26.1 Å². The van der Waals surface area contributed by atoms with Crippen LogP contribution < -0.4 is 10.6 Å². The van der Waals surface area contributed by atoms with Gasteiger partial charge in [-0.05, 0) is 41.5 Å². The summed E-state index contributed by atoms with van der Waals surface area (Å²) in [6.45, 7) is 2.66. The molecule has 2 aromatic carbocycles. The number of fused-ring (bicyclic) bond motifs is 3. The highest BCUT2D eigenvalue weighted by molar-refractivity contribution is 5.88. The summed E-state index contributed by atoms with van der Waals surface area (Å²) < 4.78 is 11.0. The summed E-state index contributed by atoms with van der Waals surface area (Å²) >= 11 is 0. The first-order chi connectivity index (χ1) is 16.4. The maximum atomic E-state index is 13.0. The first kappa shape index (κ1) is 23.8. The highest BCUT2D eigenvalue weighted by atomic mass is 16.5. The van der Waals surface area contributed by atoms with E-state index in [1.54, 1.807) is 6.92 Å². The fraction of sp³-hybridized carbons (Fsp3) is 0.423. The Balaban J connectivity index is 1.39. The van der Waals surface area contributed by atoms with Crippen LogP contribution in [0.25, 0.3) is 11.1 Å². The van der Waals surface area contributed by atoms with Gasteiger partial charge in [-0.2, -0.15) is 0 Å². The zero-order chi connectivity index (χ0) is 24.1. The third-order valence-electron chi connectivity index (χ3n) is 6.86. The van der Waals surface area contributed by atoms with Crippen LogP contribution in [-0.4, -0.2) is 55.5 Å². The van der Waals surface area contributed by atoms with Crippen molar-refractivity contribution in [3.63, 3.8) is 0 Å². The first-order valence-electron chi connectivity index (χ1n) is 11.7. The number of rotatable bonds is 8. The topological polar surface area (TPSA) is 114 Å². The van der Waals surface area contributed by atoms with E-state index in [0.717, 1.165) is 22.3 Å². The zero-order valence-corrected chi connectivity index (χ0v) is 19.2. The fourth-order valence-corrected chi connectivity index (χ4v) is 4.79. The van der Waals surface area contributed by atoms with Crippen LogP contribution in [0, 0.1) is 5.41 Å². The summed E-state index contributed by atoms with van der Waals surface area (Å²) in [5.74, 6) is -1.52. The van der Waals surface area contributed by atoms with E-state index < -0.39 is 23.5 Å². The molecule has 1 fully saturated rings. The van der Waals surface area contributed by atoms with Crippen LogP contribution >= 0.6 is 0 Å². The van der Waals surface area contributed by atoms with Crippen molar-refractivity contribution in [2.75, 3.05) is 26.4 Å². The molecule has 2 amide bonds. The van der Waals surface area contributed by atoms with Crippen LogP contribution in [0.15, 0.2) is 48.5 Å². The minimum absolute atomic E-state index is 0.0505. The summed E-state index contributed by atoms with van der Waals surface area (Å²) in [4.78, 5) is 37.0. The molecule has 0 unspecified atom stereocenters. The van der Waals surface area contributed by atoms with Crippen LogP contribution in [0.2, 0.25) is 0 Å². The van der Waals surface area contributed by atoms with Gasteiger partial charge in [-0.1, -0.05) is 55.5 Å². The van der Waals surface area contributed by atoms with E-state index in [4.69, 9.17) is 9.47 Å². The molecule has 2 aliphatic rings.